The molecule has 0 aromatic rings. The van der Waals surface area contributed by atoms with Gasteiger partial charge in [0.05, 0.1) is 5.41 Å². The molecule has 1 unspecified atom stereocenters. The van der Waals surface area contributed by atoms with Crippen molar-refractivity contribution in [2.24, 2.45) is 11.3 Å². The van der Waals surface area contributed by atoms with Gasteiger partial charge in [0.2, 0.25) is 5.91 Å². The summed E-state index contributed by atoms with van der Waals surface area (Å²) in [6.07, 6.45) is -0.588. The summed E-state index contributed by atoms with van der Waals surface area (Å²) in [6, 6.07) is -0.308. The number of carbonyl (C=O) groups is 1. The number of halogens is 3. The summed E-state index contributed by atoms with van der Waals surface area (Å²) in [7, 11) is 0. The lowest BCUT2D eigenvalue weighted by Crippen LogP contribution is -2.54. The molecule has 3 nitrogen and oxygen atoms in total. The summed E-state index contributed by atoms with van der Waals surface area (Å²) in [5.74, 6) is -0.0462. The van der Waals surface area contributed by atoms with Crippen molar-refractivity contribution in [3.05, 3.63) is 0 Å². The number of piperidine rings is 1. The van der Waals surface area contributed by atoms with Gasteiger partial charge in [-0.2, -0.15) is 13.2 Å². The van der Waals surface area contributed by atoms with Crippen LogP contribution >= 0.6 is 0 Å². The standard InChI is InChI=1S/C15H25F3N2O/c1-3-14(6-8-19-9-7-14)13(21)20(10-15(16,17)18)11(2)12-4-5-12/h11-12,19H,3-10H2,1-2H3. The van der Waals surface area contributed by atoms with Crippen LogP contribution < -0.4 is 5.32 Å². The molecule has 122 valence electrons. The highest BCUT2D eigenvalue weighted by Crippen LogP contribution is 2.41. The first-order valence-electron chi connectivity index (χ1n) is 7.87. The molecule has 6 heteroatoms. The van der Waals surface area contributed by atoms with E-state index >= 15 is 0 Å². The summed E-state index contributed by atoms with van der Waals surface area (Å²) >= 11 is 0. The van der Waals surface area contributed by atoms with Gasteiger partial charge in [-0.1, -0.05) is 6.92 Å². The van der Waals surface area contributed by atoms with Crippen molar-refractivity contribution in [3.63, 3.8) is 0 Å². The molecule has 2 fully saturated rings. The van der Waals surface area contributed by atoms with Crippen LogP contribution in [0.15, 0.2) is 0 Å². The average Bonchev–Trinajstić information content (AvgIpc) is 3.27. The SMILES string of the molecule is CCC1(C(=O)N(CC(F)(F)F)C(C)C2CC2)CCNCC1. The molecule has 0 radical (unpaired) electrons. The molecule has 1 heterocycles. The predicted octanol–water partition coefficient (Wildman–Crippen LogP) is 2.96. The fraction of sp³-hybridized carbons (Fsp3) is 0.933. The van der Waals surface area contributed by atoms with Crippen molar-refractivity contribution in [2.75, 3.05) is 19.6 Å². The molecule has 0 spiro atoms. The van der Waals surface area contributed by atoms with Gasteiger partial charge in [-0.15, -0.1) is 0 Å². The summed E-state index contributed by atoms with van der Waals surface area (Å²) < 4.78 is 38.7. The van der Waals surface area contributed by atoms with E-state index in [1.165, 1.54) is 0 Å². The molecule has 2 aliphatic rings. The molecule has 21 heavy (non-hydrogen) atoms. The van der Waals surface area contributed by atoms with E-state index in [4.69, 9.17) is 0 Å². The Hall–Kier alpha value is -0.780. The Balaban J connectivity index is 2.19. The average molecular weight is 306 g/mol. The molecule has 1 atom stereocenters. The molecule has 0 aromatic carbocycles. The van der Waals surface area contributed by atoms with E-state index in [0.717, 1.165) is 17.7 Å². The van der Waals surface area contributed by atoms with Gasteiger partial charge in [-0.05, 0) is 58.0 Å². The number of carbonyl (C=O) groups excluding carboxylic acids is 1. The van der Waals surface area contributed by atoms with E-state index in [-0.39, 0.29) is 17.9 Å². The van der Waals surface area contributed by atoms with Gasteiger partial charge in [-0.3, -0.25) is 4.79 Å². The van der Waals surface area contributed by atoms with E-state index in [1.54, 1.807) is 6.92 Å². The van der Waals surface area contributed by atoms with Crippen LogP contribution in [-0.4, -0.2) is 42.7 Å². The highest BCUT2D eigenvalue weighted by molar-refractivity contribution is 5.83. The molecule has 1 saturated heterocycles. The molecule has 1 aliphatic heterocycles. The maximum absolute atomic E-state index is 12.9. The van der Waals surface area contributed by atoms with Crippen molar-refractivity contribution in [3.8, 4) is 0 Å². The lowest BCUT2D eigenvalue weighted by Gasteiger charge is -2.42. The van der Waals surface area contributed by atoms with Crippen LogP contribution in [0.25, 0.3) is 0 Å². The van der Waals surface area contributed by atoms with Gasteiger partial charge in [0, 0.05) is 6.04 Å². The van der Waals surface area contributed by atoms with Crippen molar-refractivity contribution in [1.29, 1.82) is 0 Å². The number of amides is 1. The zero-order valence-corrected chi connectivity index (χ0v) is 12.8. The zero-order valence-electron chi connectivity index (χ0n) is 12.8. The molecule has 1 saturated carbocycles. The number of alkyl halides is 3. The Labute approximate surface area is 124 Å². The first-order valence-corrected chi connectivity index (χ1v) is 7.87. The molecule has 0 aromatic heterocycles. The third-order valence-corrected chi connectivity index (χ3v) is 5.10. The van der Waals surface area contributed by atoms with E-state index in [9.17, 15) is 18.0 Å². The lowest BCUT2D eigenvalue weighted by molar-refractivity contribution is -0.174. The van der Waals surface area contributed by atoms with Gasteiger partial charge >= 0.3 is 6.18 Å². The van der Waals surface area contributed by atoms with E-state index in [1.807, 2.05) is 6.92 Å². The minimum Gasteiger partial charge on any atom is -0.330 e. The molecule has 1 amide bonds. The first-order chi connectivity index (χ1) is 9.79. The molecule has 1 aliphatic carbocycles. The molecule has 0 bridgehead atoms. The Morgan fingerprint density at radius 2 is 1.90 bits per heavy atom. The minimum atomic E-state index is -4.33. The second-order valence-corrected chi connectivity index (χ2v) is 6.51. The van der Waals surface area contributed by atoms with Crippen LogP contribution in [0, 0.1) is 11.3 Å². The lowest BCUT2D eigenvalue weighted by atomic mass is 9.75. The fourth-order valence-corrected chi connectivity index (χ4v) is 3.36. The Morgan fingerprint density at radius 1 is 1.33 bits per heavy atom. The summed E-state index contributed by atoms with van der Waals surface area (Å²) in [5, 5.41) is 3.19. The predicted molar refractivity (Wildman–Crippen MR) is 74.8 cm³/mol. The minimum absolute atomic E-state index is 0.243. The topological polar surface area (TPSA) is 32.3 Å². The van der Waals surface area contributed by atoms with Crippen molar-refractivity contribution in [1.82, 2.24) is 10.2 Å². The first kappa shape index (κ1) is 16.6. The smallest absolute Gasteiger partial charge is 0.330 e. The number of hydrogen-bond acceptors (Lipinski definition) is 2. The number of nitrogens with zero attached hydrogens (tertiary/aromatic N) is 1. The third-order valence-electron chi connectivity index (χ3n) is 5.10. The van der Waals surface area contributed by atoms with E-state index in [2.05, 4.69) is 5.32 Å². The van der Waals surface area contributed by atoms with E-state index < -0.39 is 18.1 Å². The number of hydrogen-bond donors (Lipinski definition) is 1. The number of rotatable bonds is 5. The number of nitrogens with one attached hydrogen (secondary N) is 1. The monoisotopic (exact) mass is 306 g/mol. The highest BCUT2D eigenvalue weighted by atomic mass is 19.4. The molecule has 2 rings (SSSR count). The van der Waals surface area contributed by atoms with Crippen LogP contribution in [0.4, 0.5) is 13.2 Å². The Bertz CT molecular complexity index is 374. The quantitative estimate of drug-likeness (QED) is 0.847. The molecular weight excluding hydrogens is 281 g/mol. The zero-order chi connectivity index (χ0) is 15.7. The van der Waals surface area contributed by atoms with Gasteiger partial charge in [0.1, 0.15) is 6.54 Å². The van der Waals surface area contributed by atoms with Gasteiger partial charge in [0.25, 0.3) is 0 Å². The van der Waals surface area contributed by atoms with Gasteiger partial charge in [-0.25, -0.2) is 0 Å². The summed E-state index contributed by atoms with van der Waals surface area (Å²) in [5.41, 5.74) is -0.611. The third kappa shape index (κ3) is 3.90. The van der Waals surface area contributed by atoms with Crippen LogP contribution in [0.2, 0.25) is 0 Å². The Morgan fingerprint density at radius 3 is 2.33 bits per heavy atom. The maximum atomic E-state index is 12.9. The van der Waals surface area contributed by atoms with Gasteiger partial charge < -0.3 is 10.2 Å². The second kappa shape index (κ2) is 6.15. The second-order valence-electron chi connectivity index (χ2n) is 6.51. The normalized spacial score (nSPS) is 23.7. The van der Waals surface area contributed by atoms with Crippen LogP contribution in [-0.2, 0) is 4.79 Å². The van der Waals surface area contributed by atoms with Crippen LogP contribution in [0.3, 0.4) is 0 Å². The van der Waals surface area contributed by atoms with Crippen LogP contribution in [0.5, 0.6) is 0 Å². The Kier molecular flexibility index (Phi) is 4.85. The largest absolute Gasteiger partial charge is 0.406 e. The maximum Gasteiger partial charge on any atom is 0.406 e. The van der Waals surface area contributed by atoms with Crippen molar-refractivity contribution >= 4 is 5.91 Å². The highest BCUT2D eigenvalue weighted by Gasteiger charge is 2.47. The van der Waals surface area contributed by atoms with E-state index in [0.29, 0.717) is 32.4 Å². The van der Waals surface area contributed by atoms with Crippen molar-refractivity contribution in [2.45, 2.75) is 58.2 Å². The summed E-state index contributed by atoms with van der Waals surface area (Å²) in [6.45, 7) is 3.98. The molecular formula is C15H25F3N2O. The van der Waals surface area contributed by atoms with Crippen LogP contribution in [0.1, 0.15) is 46.0 Å². The fourth-order valence-electron chi connectivity index (χ4n) is 3.36. The molecule has 1 N–H and O–H groups in total. The van der Waals surface area contributed by atoms with Crippen molar-refractivity contribution < 1.29 is 18.0 Å². The summed E-state index contributed by atoms with van der Waals surface area (Å²) in [4.78, 5) is 14.0. The van der Waals surface area contributed by atoms with Gasteiger partial charge in [0.15, 0.2) is 0 Å².